The zero-order chi connectivity index (χ0) is 7.95. The molecule has 3 aliphatic rings. The molecule has 0 spiro atoms. The minimum Gasteiger partial charge on any atom is -0.373 e. The van der Waals surface area contributed by atoms with Gasteiger partial charge in [-0.2, -0.15) is 0 Å². The van der Waals surface area contributed by atoms with E-state index in [0.717, 1.165) is 26.2 Å². The predicted molar refractivity (Wildman–Crippen MR) is 42.2 cm³/mol. The first kappa shape index (κ1) is 7.73. The van der Waals surface area contributed by atoms with Crippen LogP contribution in [0.15, 0.2) is 0 Å². The van der Waals surface area contributed by atoms with Gasteiger partial charge in [0.1, 0.15) is 0 Å². The van der Waals surface area contributed by atoms with E-state index in [1.807, 2.05) is 6.55 Å². The summed E-state index contributed by atoms with van der Waals surface area (Å²) in [5, 5.41) is 0. The second kappa shape index (κ2) is 2.29. The summed E-state index contributed by atoms with van der Waals surface area (Å²) in [6.45, 7) is 6.64. The standard InChI is InChI=1S/C7H14O3Si/c1-3-7-4-8-11(2,9-5-7)10-6-7/h3-6H2,1-2H3. The summed E-state index contributed by atoms with van der Waals surface area (Å²) in [4.78, 5) is 0. The van der Waals surface area contributed by atoms with Crippen LogP contribution >= 0.6 is 0 Å². The maximum absolute atomic E-state index is 5.55. The SMILES string of the molecule is CCC12CO[Si](C)(OC1)OC2. The Morgan fingerprint density at radius 1 is 1.18 bits per heavy atom. The molecular formula is C7H14O3Si. The molecule has 0 aliphatic carbocycles. The second-order valence-corrected chi connectivity index (χ2v) is 6.17. The van der Waals surface area contributed by atoms with E-state index in [-0.39, 0.29) is 5.41 Å². The van der Waals surface area contributed by atoms with Gasteiger partial charge in [-0.25, -0.2) is 0 Å². The molecule has 0 atom stereocenters. The molecule has 11 heavy (non-hydrogen) atoms. The van der Waals surface area contributed by atoms with Gasteiger partial charge in [0.15, 0.2) is 0 Å². The van der Waals surface area contributed by atoms with Crippen molar-refractivity contribution < 1.29 is 13.3 Å². The van der Waals surface area contributed by atoms with Crippen LogP contribution in [0.5, 0.6) is 0 Å². The molecule has 0 aromatic carbocycles. The molecule has 3 nitrogen and oxygen atoms in total. The molecular weight excluding hydrogens is 160 g/mol. The van der Waals surface area contributed by atoms with Crippen molar-refractivity contribution in [3.05, 3.63) is 0 Å². The quantitative estimate of drug-likeness (QED) is 0.556. The van der Waals surface area contributed by atoms with Crippen molar-refractivity contribution in [3.8, 4) is 0 Å². The van der Waals surface area contributed by atoms with Crippen molar-refractivity contribution in [2.45, 2.75) is 19.9 Å². The molecule has 3 rings (SSSR count). The molecule has 2 bridgehead atoms. The van der Waals surface area contributed by atoms with Crippen LogP contribution in [0.1, 0.15) is 13.3 Å². The van der Waals surface area contributed by atoms with Crippen LogP contribution < -0.4 is 0 Å². The Morgan fingerprint density at radius 2 is 1.64 bits per heavy atom. The van der Waals surface area contributed by atoms with Gasteiger partial charge in [-0.1, -0.05) is 6.92 Å². The summed E-state index contributed by atoms with van der Waals surface area (Å²) in [6.07, 6.45) is 1.08. The van der Waals surface area contributed by atoms with Crippen molar-refractivity contribution >= 4 is 8.80 Å². The lowest BCUT2D eigenvalue weighted by Crippen LogP contribution is -2.61. The maximum Gasteiger partial charge on any atom is 0.497 e. The molecule has 0 radical (unpaired) electrons. The van der Waals surface area contributed by atoms with Gasteiger partial charge in [-0.05, 0) is 6.42 Å². The van der Waals surface area contributed by atoms with E-state index < -0.39 is 8.80 Å². The first-order valence-electron chi connectivity index (χ1n) is 4.10. The maximum atomic E-state index is 5.55. The normalized spacial score (nSPS) is 49.6. The summed E-state index contributed by atoms with van der Waals surface area (Å²) in [7, 11) is -2.11. The van der Waals surface area contributed by atoms with Crippen molar-refractivity contribution in [1.82, 2.24) is 0 Å². The minimum atomic E-state index is -2.11. The van der Waals surface area contributed by atoms with E-state index in [1.54, 1.807) is 0 Å². The van der Waals surface area contributed by atoms with Crippen LogP contribution in [-0.2, 0) is 13.3 Å². The van der Waals surface area contributed by atoms with Gasteiger partial charge >= 0.3 is 8.80 Å². The van der Waals surface area contributed by atoms with Gasteiger partial charge in [0, 0.05) is 31.8 Å². The Hall–Kier alpha value is 0.0969. The molecule has 3 heterocycles. The zero-order valence-electron chi connectivity index (χ0n) is 7.05. The molecule has 0 unspecified atom stereocenters. The Labute approximate surface area is 68.0 Å². The lowest BCUT2D eigenvalue weighted by molar-refractivity contribution is -0.133. The average molecular weight is 174 g/mol. The van der Waals surface area contributed by atoms with Gasteiger partial charge in [0.25, 0.3) is 0 Å². The van der Waals surface area contributed by atoms with E-state index in [9.17, 15) is 0 Å². The van der Waals surface area contributed by atoms with Crippen LogP contribution in [0.2, 0.25) is 6.55 Å². The first-order chi connectivity index (χ1) is 5.18. The van der Waals surface area contributed by atoms with Crippen LogP contribution in [-0.4, -0.2) is 28.6 Å². The second-order valence-electron chi connectivity index (χ2n) is 3.58. The fourth-order valence-corrected chi connectivity index (χ4v) is 3.36. The lowest BCUT2D eigenvalue weighted by Gasteiger charge is -2.48. The molecule has 0 N–H and O–H groups in total. The number of hydrogen-bond donors (Lipinski definition) is 0. The highest BCUT2D eigenvalue weighted by Gasteiger charge is 2.52. The Bertz CT molecular complexity index is 147. The highest BCUT2D eigenvalue weighted by molar-refractivity contribution is 6.59. The lowest BCUT2D eigenvalue weighted by atomic mass is 9.88. The number of fused-ring (bicyclic) bond motifs is 3. The third-order valence-corrected chi connectivity index (χ3v) is 4.68. The molecule has 4 heteroatoms. The number of hydrogen-bond acceptors (Lipinski definition) is 3. The van der Waals surface area contributed by atoms with Crippen LogP contribution in [0.4, 0.5) is 0 Å². The van der Waals surface area contributed by atoms with Gasteiger partial charge < -0.3 is 13.3 Å². The summed E-state index contributed by atoms with van der Waals surface area (Å²) >= 11 is 0. The Morgan fingerprint density at radius 3 is 2.00 bits per heavy atom. The number of rotatable bonds is 1. The molecule has 3 aliphatic heterocycles. The summed E-state index contributed by atoms with van der Waals surface area (Å²) in [6, 6.07) is 0. The van der Waals surface area contributed by atoms with E-state index in [0.29, 0.717) is 0 Å². The summed E-state index contributed by atoms with van der Waals surface area (Å²) in [5.41, 5.74) is 0.171. The molecule has 3 fully saturated rings. The largest absolute Gasteiger partial charge is 0.497 e. The van der Waals surface area contributed by atoms with Gasteiger partial charge in [-0.3, -0.25) is 0 Å². The topological polar surface area (TPSA) is 27.7 Å². The van der Waals surface area contributed by atoms with E-state index in [2.05, 4.69) is 6.92 Å². The third-order valence-electron chi connectivity index (χ3n) is 2.67. The molecule has 0 aromatic heterocycles. The Balaban J connectivity index is 2.12. The van der Waals surface area contributed by atoms with Crippen molar-refractivity contribution in [1.29, 1.82) is 0 Å². The van der Waals surface area contributed by atoms with Crippen molar-refractivity contribution in [3.63, 3.8) is 0 Å². The highest BCUT2D eigenvalue weighted by atomic mass is 28.4. The van der Waals surface area contributed by atoms with Crippen LogP contribution in [0, 0.1) is 5.41 Å². The first-order valence-corrected chi connectivity index (χ1v) is 6.32. The summed E-state index contributed by atoms with van der Waals surface area (Å²) in [5.74, 6) is 0. The van der Waals surface area contributed by atoms with Crippen molar-refractivity contribution in [2.75, 3.05) is 19.8 Å². The summed E-state index contributed by atoms with van der Waals surface area (Å²) < 4.78 is 16.7. The van der Waals surface area contributed by atoms with Gasteiger partial charge in [0.2, 0.25) is 0 Å². The van der Waals surface area contributed by atoms with Crippen molar-refractivity contribution in [2.24, 2.45) is 5.41 Å². The van der Waals surface area contributed by atoms with E-state index in [4.69, 9.17) is 13.3 Å². The predicted octanol–water partition coefficient (Wildman–Crippen LogP) is 1.03. The Kier molecular flexibility index (Phi) is 1.61. The molecule has 3 saturated heterocycles. The molecule has 0 saturated carbocycles. The average Bonchev–Trinajstić information content (AvgIpc) is 2.07. The van der Waals surface area contributed by atoms with Gasteiger partial charge in [0.05, 0.1) is 0 Å². The minimum absolute atomic E-state index is 0.171. The van der Waals surface area contributed by atoms with Crippen LogP contribution in [0.3, 0.4) is 0 Å². The fraction of sp³-hybridized carbons (Fsp3) is 1.00. The smallest absolute Gasteiger partial charge is 0.373 e. The molecule has 0 aromatic rings. The van der Waals surface area contributed by atoms with Crippen LogP contribution in [0.25, 0.3) is 0 Å². The zero-order valence-corrected chi connectivity index (χ0v) is 8.05. The third kappa shape index (κ3) is 1.14. The molecule has 0 amide bonds. The highest BCUT2D eigenvalue weighted by Crippen LogP contribution is 2.37. The monoisotopic (exact) mass is 174 g/mol. The van der Waals surface area contributed by atoms with Gasteiger partial charge in [-0.15, -0.1) is 0 Å². The fourth-order valence-electron chi connectivity index (χ4n) is 1.41. The van der Waals surface area contributed by atoms with E-state index in [1.165, 1.54) is 0 Å². The molecule has 64 valence electrons. The van der Waals surface area contributed by atoms with E-state index >= 15 is 0 Å².